The summed E-state index contributed by atoms with van der Waals surface area (Å²) in [6.45, 7) is 6.97. The highest BCUT2D eigenvalue weighted by Gasteiger charge is 2.14. The van der Waals surface area contributed by atoms with Gasteiger partial charge < -0.3 is 10.7 Å². The predicted octanol–water partition coefficient (Wildman–Crippen LogP) is 1.75. The number of H-pyrrole nitrogens is 1. The summed E-state index contributed by atoms with van der Waals surface area (Å²) >= 11 is 0. The minimum Gasteiger partial charge on any atom is -0.387 e. The number of aliphatic imine (C=N–C) groups is 1. The average molecular weight is 208 g/mol. The van der Waals surface area contributed by atoms with E-state index in [2.05, 4.69) is 35.7 Å². The number of imidazole rings is 1. The van der Waals surface area contributed by atoms with E-state index in [0.717, 1.165) is 31.0 Å². The highest BCUT2D eigenvalue weighted by molar-refractivity contribution is 5.85. The van der Waals surface area contributed by atoms with Crippen LogP contribution in [0.5, 0.6) is 0 Å². The van der Waals surface area contributed by atoms with Crippen LogP contribution in [0.25, 0.3) is 0 Å². The van der Waals surface area contributed by atoms with Crippen molar-refractivity contribution < 1.29 is 0 Å². The third-order valence-corrected chi connectivity index (χ3v) is 2.18. The van der Waals surface area contributed by atoms with Crippen LogP contribution in [-0.2, 0) is 6.42 Å². The molecule has 0 aliphatic rings. The molecule has 0 atom stereocenters. The van der Waals surface area contributed by atoms with Gasteiger partial charge in [0.25, 0.3) is 0 Å². The van der Waals surface area contributed by atoms with Gasteiger partial charge in [-0.2, -0.15) is 0 Å². The topological polar surface area (TPSA) is 67.1 Å². The van der Waals surface area contributed by atoms with Gasteiger partial charge >= 0.3 is 0 Å². The van der Waals surface area contributed by atoms with Crippen molar-refractivity contribution in [1.82, 2.24) is 9.97 Å². The Balaban J connectivity index is 2.27. The predicted molar refractivity (Wildman–Crippen MR) is 62.9 cm³/mol. The molecule has 0 aromatic carbocycles. The summed E-state index contributed by atoms with van der Waals surface area (Å²) in [6, 6.07) is 0. The van der Waals surface area contributed by atoms with E-state index in [4.69, 9.17) is 5.73 Å². The second-order valence-electron chi connectivity index (χ2n) is 4.66. The Kier molecular flexibility index (Phi) is 3.88. The second kappa shape index (κ2) is 4.96. The number of aromatic nitrogens is 2. The Hall–Kier alpha value is -1.32. The van der Waals surface area contributed by atoms with Crippen molar-refractivity contribution in [1.29, 1.82) is 0 Å². The average Bonchev–Trinajstić information content (AvgIpc) is 2.63. The van der Waals surface area contributed by atoms with Crippen LogP contribution in [0.1, 0.15) is 33.0 Å². The zero-order chi connectivity index (χ0) is 11.3. The standard InChI is InChI=1S/C11H20N4/c1-11(2,3)10(12)15-6-4-5-9-13-7-8-14-9/h7-8H,4-6H2,1-3H3,(H2,12,15)(H,13,14). The molecular formula is C11H20N4. The third kappa shape index (κ3) is 4.14. The lowest BCUT2D eigenvalue weighted by Gasteiger charge is -2.17. The Morgan fingerprint density at radius 3 is 2.80 bits per heavy atom. The molecule has 4 heteroatoms. The maximum Gasteiger partial charge on any atom is 0.106 e. The fraction of sp³-hybridized carbons (Fsp3) is 0.636. The van der Waals surface area contributed by atoms with E-state index in [1.54, 1.807) is 6.20 Å². The summed E-state index contributed by atoms with van der Waals surface area (Å²) in [5, 5.41) is 0. The van der Waals surface area contributed by atoms with Gasteiger partial charge in [-0.1, -0.05) is 20.8 Å². The van der Waals surface area contributed by atoms with Crippen molar-refractivity contribution in [2.75, 3.05) is 6.54 Å². The first-order valence-electron chi connectivity index (χ1n) is 5.29. The van der Waals surface area contributed by atoms with E-state index in [0.29, 0.717) is 0 Å². The molecule has 0 unspecified atom stereocenters. The molecular weight excluding hydrogens is 188 g/mol. The van der Waals surface area contributed by atoms with E-state index in [1.807, 2.05) is 6.20 Å². The molecule has 0 aliphatic heterocycles. The summed E-state index contributed by atoms with van der Waals surface area (Å²) in [7, 11) is 0. The Labute approximate surface area is 91.0 Å². The molecule has 0 amide bonds. The minimum absolute atomic E-state index is 0.0231. The van der Waals surface area contributed by atoms with Crippen molar-refractivity contribution in [3.8, 4) is 0 Å². The van der Waals surface area contributed by atoms with Gasteiger partial charge in [0.05, 0.1) is 5.84 Å². The van der Waals surface area contributed by atoms with Gasteiger partial charge in [-0.05, 0) is 6.42 Å². The van der Waals surface area contributed by atoms with Crippen LogP contribution in [0, 0.1) is 5.41 Å². The highest BCUT2D eigenvalue weighted by Crippen LogP contribution is 2.12. The molecule has 0 aliphatic carbocycles. The SMILES string of the molecule is CC(C)(C)C(N)=NCCCc1ncc[nH]1. The quantitative estimate of drug-likeness (QED) is 0.449. The van der Waals surface area contributed by atoms with Gasteiger partial charge in [0, 0.05) is 30.8 Å². The maximum atomic E-state index is 5.84. The van der Waals surface area contributed by atoms with Crippen molar-refractivity contribution >= 4 is 5.84 Å². The van der Waals surface area contributed by atoms with Gasteiger partial charge in [0.15, 0.2) is 0 Å². The first kappa shape index (κ1) is 11.8. The molecule has 1 rings (SSSR count). The molecule has 1 aromatic heterocycles. The molecule has 84 valence electrons. The number of nitrogens with one attached hydrogen (secondary N) is 1. The largest absolute Gasteiger partial charge is 0.387 e. The number of rotatable bonds is 4. The number of hydrogen-bond acceptors (Lipinski definition) is 2. The molecule has 3 N–H and O–H groups in total. The highest BCUT2D eigenvalue weighted by atomic mass is 14.9. The van der Waals surface area contributed by atoms with Gasteiger partial charge in [-0.3, -0.25) is 4.99 Å². The summed E-state index contributed by atoms with van der Waals surface area (Å²) in [6.07, 6.45) is 5.50. The zero-order valence-corrected chi connectivity index (χ0v) is 9.75. The molecule has 4 nitrogen and oxygen atoms in total. The van der Waals surface area contributed by atoms with Crippen LogP contribution in [-0.4, -0.2) is 22.3 Å². The number of aromatic amines is 1. The fourth-order valence-corrected chi connectivity index (χ4v) is 1.12. The first-order valence-corrected chi connectivity index (χ1v) is 5.29. The van der Waals surface area contributed by atoms with Gasteiger partial charge in [-0.15, -0.1) is 0 Å². The molecule has 1 heterocycles. The normalized spacial score (nSPS) is 13.1. The lowest BCUT2D eigenvalue weighted by molar-refractivity contribution is 0.580. The van der Waals surface area contributed by atoms with Gasteiger partial charge in [-0.25, -0.2) is 4.98 Å². The molecule has 15 heavy (non-hydrogen) atoms. The molecule has 0 bridgehead atoms. The summed E-state index contributed by atoms with van der Waals surface area (Å²) < 4.78 is 0. The fourth-order valence-electron chi connectivity index (χ4n) is 1.12. The van der Waals surface area contributed by atoms with E-state index in [9.17, 15) is 0 Å². The maximum absolute atomic E-state index is 5.84. The van der Waals surface area contributed by atoms with Crippen molar-refractivity contribution in [3.63, 3.8) is 0 Å². The van der Waals surface area contributed by atoms with E-state index in [-0.39, 0.29) is 5.41 Å². The molecule has 0 spiro atoms. The summed E-state index contributed by atoms with van der Waals surface area (Å²) in [5.74, 6) is 1.74. The smallest absolute Gasteiger partial charge is 0.106 e. The number of nitrogens with two attached hydrogens (primary N) is 1. The van der Waals surface area contributed by atoms with Crippen molar-refractivity contribution in [3.05, 3.63) is 18.2 Å². The van der Waals surface area contributed by atoms with Crippen LogP contribution in [0.3, 0.4) is 0 Å². The lowest BCUT2D eigenvalue weighted by Crippen LogP contribution is -2.29. The lowest BCUT2D eigenvalue weighted by atomic mass is 9.95. The second-order valence-corrected chi connectivity index (χ2v) is 4.66. The number of hydrogen-bond donors (Lipinski definition) is 2. The minimum atomic E-state index is -0.0231. The summed E-state index contributed by atoms with van der Waals surface area (Å²) in [4.78, 5) is 11.6. The zero-order valence-electron chi connectivity index (χ0n) is 9.75. The monoisotopic (exact) mass is 208 g/mol. The number of amidine groups is 1. The van der Waals surface area contributed by atoms with Gasteiger partial charge in [0.2, 0.25) is 0 Å². The first-order chi connectivity index (χ1) is 7.00. The van der Waals surface area contributed by atoms with Crippen LogP contribution >= 0.6 is 0 Å². The van der Waals surface area contributed by atoms with Crippen LogP contribution in [0.4, 0.5) is 0 Å². The van der Waals surface area contributed by atoms with Crippen molar-refractivity contribution in [2.45, 2.75) is 33.6 Å². The van der Waals surface area contributed by atoms with Gasteiger partial charge in [0.1, 0.15) is 5.82 Å². The number of aryl methyl sites for hydroxylation is 1. The van der Waals surface area contributed by atoms with Crippen LogP contribution in [0.15, 0.2) is 17.4 Å². The summed E-state index contributed by atoms with van der Waals surface area (Å²) in [5.41, 5.74) is 5.81. The Morgan fingerprint density at radius 1 is 1.53 bits per heavy atom. The van der Waals surface area contributed by atoms with E-state index in [1.165, 1.54) is 0 Å². The Bertz CT molecular complexity index is 306. The molecule has 0 saturated heterocycles. The molecule has 0 saturated carbocycles. The number of nitrogens with zero attached hydrogens (tertiary/aromatic N) is 2. The third-order valence-electron chi connectivity index (χ3n) is 2.18. The molecule has 1 aromatic rings. The molecule has 0 fully saturated rings. The van der Waals surface area contributed by atoms with E-state index < -0.39 is 0 Å². The molecule has 0 radical (unpaired) electrons. The Morgan fingerprint density at radius 2 is 2.27 bits per heavy atom. The van der Waals surface area contributed by atoms with Crippen LogP contribution in [0.2, 0.25) is 0 Å². The van der Waals surface area contributed by atoms with E-state index >= 15 is 0 Å². The van der Waals surface area contributed by atoms with Crippen molar-refractivity contribution in [2.24, 2.45) is 16.1 Å². The van der Waals surface area contributed by atoms with Crippen LogP contribution < -0.4 is 5.73 Å².